The molecule has 0 aliphatic heterocycles. The number of carboxylic acid groups (broad SMARTS) is 1. The van der Waals surface area contributed by atoms with Crippen molar-refractivity contribution in [3.05, 3.63) is 42.0 Å². The Morgan fingerprint density at radius 1 is 1.43 bits per heavy atom. The van der Waals surface area contributed by atoms with Gasteiger partial charge in [-0.1, -0.05) is 19.9 Å². The molecule has 0 aliphatic rings. The fourth-order valence-corrected chi connectivity index (χ4v) is 2.26. The summed E-state index contributed by atoms with van der Waals surface area (Å²) in [7, 11) is 0. The van der Waals surface area contributed by atoms with Crippen LogP contribution in [-0.2, 0) is 6.42 Å². The van der Waals surface area contributed by atoms with Crippen LogP contribution in [0.4, 0.5) is 0 Å². The zero-order chi connectivity index (χ0) is 15.0. The largest absolute Gasteiger partial charge is 0.475 e. The van der Waals surface area contributed by atoms with E-state index >= 15 is 0 Å². The minimum atomic E-state index is -1.10. The average Bonchev–Trinajstić information content (AvgIpc) is 3.01. The second kappa shape index (κ2) is 5.05. The summed E-state index contributed by atoms with van der Waals surface area (Å²) in [6, 6.07) is 5.64. The molecule has 0 atom stereocenters. The molecule has 0 fully saturated rings. The lowest BCUT2D eigenvalue weighted by atomic mass is 10.1. The second-order valence-electron chi connectivity index (χ2n) is 5.29. The van der Waals surface area contributed by atoms with E-state index in [-0.39, 0.29) is 5.76 Å². The SMILES string of the molecule is CC(C)Cc1nc(-c2cnn3ccccc23)oc1C(=O)O. The zero-order valence-corrected chi connectivity index (χ0v) is 11.8. The van der Waals surface area contributed by atoms with E-state index in [0.717, 1.165) is 5.52 Å². The highest BCUT2D eigenvalue weighted by molar-refractivity contribution is 5.87. The van der Waals surface area contributed by atoms with Crippen molar-refractivity contribution >= 4 is 11.5 Å². The first-order valence-electron chi connectivity index (χ1n) is 6.72. The maximum Gasteiger partial charge on any atom is 0.373 e. The number of hydrogen-bond donors (Lipinski definition) is 1. The number of carbonyl (C=O) groups is 1. The Morgan fingerprint density at radius 2 is 2.24 bits per heavy atom. The Bertz CT molecular complexity index is 801. The van der Waals surface area contributed by atoms with Crippen molar-refractivity contribution in [3.8, 4) is 11.5 Å². The molecule has 21 heavy (non-hydrogen) atoms. The number of hydrogen-bond acceptors (Lipinski definition) is 4. The van der Waals surface area contributed by atoms with E-state index in [0.29, 0.717) is 29.5 Å². The maximum absolute atomic E-state index is 11.3. The molecule has 6 nitrogen and oxygen atoms in total. The molecule has 0 aliphatic carbocycles. The maximum atomic E-state index is 11.3. The molecule has 0 radical (unpaired) electrons. The van der Waals surface area contributed by atoms with Gasteiger partial charge in [0.2, 0.25) is 11.7 Å². The molecule has 0 aromatic carbocycles. The summed E-state index contributed by atoms with van der Waals surface area (Å²) in [6.45, 7) is 4.02. The van der Waals surface area contributed by atoms with Gasteiger partial charge in [0, 0.05) is 6.20 Å². The molecule has 3 heterocycles. The fourth-order valence-electron chi connectivity index (χ4n) is 2.26. The lowest BCUT2D eigenvalue weighted by Crippen LogP contribution is -2.03. The van der Waals surface area contributed by atoms with Crippen molar-refractivity contribution in [2.24, 2.45) is 5.92 Å². The number of oxazole rings is 1. The molecule has 0 spiro atoms. The fraction of sp³-hybridized carbons (Fsp3) is 0.267. The first-order chi connectivity index (χ1) is 10.1. The summed E-state index contributed by atoms with van der Waals surface area (Å²) in [5, 5.41) is 13.5. The minimum Gasteiger partial charge on any atom is -0.475 e. The molecule has 3 aromatic heterocycles. The molecule has 0 saturated carbocycles. The molecule has 3 aromatic rings. The van der Waals surface area contributed by atoms with Crippen LogP contribution in [0.1, 0.15) is 30.1 Å². The van der Waals surface area contributed by atoms with Gasteiger partial charge in [-0.3, -0.25) is 0 Å². The lowest BCUT2D eigenvalue weighted by Gasteiger charge is -1.99. The van der Waals surface area contributed by atoms with E-state index in [1.165, 1.54) is 0 Å². The Morgan fingerprint density at radius 3 is 2.95 bits per heavy atom. The smallest absolute Gasteiger partial charge is 0.373 e. The van der Waals surface area contributed by atoms with Crippen LogP contribution in [0.3, 0.4) is 0 Å². The Labute approximate surface area is 121 Å². The Kier molecular flexibility index (Phi) is 3.21. The van der Waals surface area contributed by atoms with Gasteiger partial charge in [0.25, 0.3) is 0 Å². The number of aromatic carboxylic acids is 1. The number of rotatable bonds is 4. The van der Waals surface area contributed by atoms with Gasteiger partial charge in [-0.05, 0) is 24.5 Å². The monoisotopic (exact) mass is 285 g/mol. The van der Waals surface area contributed by atoms with E-state index in [1.54, 1.807) is 10.7 Å². The van der Waals surface area contributed by atoms with Crippen molar-refractivity contribution < 1.29 is 14.3 Å². The minimum absolute atomic E-state index is 0.0889. The normalized spacial score (nSPS) is 11.4. The van der Waals surface area contributed by atoms with Gasteiger partial charge < -0.3 is 9.52 Å². The van der Waals surface area contributed by atoms with Crippen LogP contribution in [0.15, 0.2) is 35.0 Å². The number of carboxylic acids is 1. The van der Waals surface area contributed by atoms with Gasteiger partial charge in [0.05, 0.1) is 23.0 Å². The van der Waals surface area contributed by atoms with Crippen molar-refractivity contribution in [2.45, 2.75) is 20.3 Å². The van der Waals surface area contributed by atoms with Gasteiger partial charge in [-0.25, -0.2) is 14.3 Å². The standard InChI is InChI=1S/C15H15N3O3/c1-9(2)7-11-13(15(19)20)21-14(17-11)10-8-16-18-6-4-3-5-12(10)18/h3-6,8-9H,7H2,1-2H3,(H,19,20). The summed E-state index contributed by atoms with van der Waals surface area (Å²) in [5.74, 6) is -0.593. The quantitative estimate of drug-likeness (QED) is 0.797. The number of pyridine rings is 1. The molecule has 6 heteroatoms. The Balaban J connectivity index is 2.12. The Hall–Kier alpha value is -2.63. The summed E-state index contributed by atoms with van der Waals surface area (Å²) in [4.78, 5) is 15.7. The van der Waals surface area contributed by atoms with Gasteiger partial charge in [-0.2, -0.15) is 5.10 Å². The molecule has 0 bridgehead atoms. The van der Waals surface area contributed by atoms with E-state index in [2.05, 4.69) is 10.1 Å². The van der Waals surface area contributed by atoms with Crippen LogP contribution in [0.5, 0.6) is 0 Å². The van der Waals surface area contributed by atoms with E-state index in [9.17, 15) is 9.90 Å². The van der Waals surface area contributed by atoms with Gasteiger partial charge in [-0.15, -0.1) is 0 Å². The average molecular weight is 285 g/mol. The summed E-state index contributed by atoms with van der Waals surface area (Å²) in [5.41, 5.74) is 1.99. The topological polar surface area (TPSA) is 80.6 Å². The second-order valence-corrected chi connectivity index (χ2v) is 5.29. The number of aromatic nitrogens is 3. The third-order valence-corrected chi connectivity index (χ3v) is 3.15. The first-order valence-corrected chi connectivity index (χ1v) is 6.72. The third kappa shape index (κ3) is 2.40. The van der Waals surface area contributed by atoms with Crippen LogP contribution in [-0.4, -0.2) is 25.7 Å². The van der Waals surface area contributed by atoms with Crippen molar-refractivity contribution in [3.63, 3.8) is 0 Å². The summed E-state index contributed by atoms with van der Waals surface area (Å²) >= 11 is 0. The van der Waals surface area contributed by atoms with Crippen molar-refractivity contribution in [1.29, 1.82) is 0 Å². The molecule has 0 amide bonds. The van der Waals surface area contributed by atoms with Crippen LogP contribution >= 0.6 is 0 Å². The highest BCUT2D eigenvalue weighted by Gasteiger charge is 2.22. The predicted octanol–water partition coefficient (Wildman–Crippen LogP) is 2.89. The molecule has 0 unspecified atom stereocenters. The third-order valence-electron chi connectivity index (χ3n) is 3.15. The summed E-state index contributed by atoms with van der Waals surface area (Å²) < 4.78 is 7.16. The van der Waals surface area contributed by atoms with E-state index < -0.39 is 5.97 Å². The van der Waals surface area contributed by atoms with Crippen LogP contribution in [0.2, 0.25) is 0 Å². The zero-order valence-electron chi connectivity index (χ0n) is 11.8. The van der Waals surface area contributed by atoms with Crippen molar-refractivity contribution in [2.75, 3.05) is 0 Å². The number of nitrogens with zero attached hydrogens (tertiary/aromatic N) is 3. The molecule has 3 rings (SSSR count). The summed E-state index contributed by atoms with van der Waals surface area (Å²) in [6.07, 6.45) is 4.01. The van der Waals surface area contributed by atoms with E-state index in [1.807, 2.05) is 38.2 Å². The van der Waals surface area contributed by atoms with E-state index in [4.69, 9.17) is 4.42 Å². The van der Waals surface area contributed by atoms with Gasteiger partial charge >= 0.3 is 5.97 Å². The van der Waals surface area contributed by atoms with Gasteiger partial charge in [0.15, 0.2) is 0 Å². The molecular formula is C15H15N3O3. The molecule has 1 N–H and O–H groups in total. The first kappa shape index (κ1) is 13.4. The van der Waals surface area contributed by atoms with Crippen molar-refractivity contribution in [1.82, 2.24) is 14.6 Å². The predicted molar refractivity (Wildman–Crippen MR) is 76.2 cm³/mol. The molecule has 108 valence electrons. The van der Waals surface area contributed by atoms with Gasteiger partial charge in [0.1, 0.15) is 0 Å². The number of fused-ring (bicyclic) bond motifs is 1. The highest BCUT2D eigenvalue weighted by atomic mass is 16.4. The highest BCUT2D eigenvalue weighted by Crippen LogP contribution is 2.27. The molecule has 0 saturated heterocycles. The lowest BCUT2D eigenvalue weighted by molar-refractivity contribution is 0.0661. The van der Waals surface area contributed by atoms with Crippen LogP contribution in [0, 0.1) is 5.92 Å². The van der Waals surface area contributed by atoms with Crippen LogP contribution in [0.25, 0.3) is 17.0 Å². The van der Waals surface area contributed by atoms with Crippen LogP contribution < -0.4 is 0 Å². The molecular weight excluding hydrogens is 270 g/mol.